The summed E-state index contributed by atoms with van der Waals surface area (Å²) in [5.74, 6) is 0.782. The Kier molecular flexibility index (Phi) is 7.61. The van der Waals surface area contributed by atoms with Gasteiger partial charge in [0, 0.05) is 50.2 Å². The Hall–Kier alpha value is -2.60. The third-order valence-corrected chi connectivity index (χ3v) is 4.54. The molecule has 0 radical (unpaired) electrons. The van der Waals surface area contributed by atoms with Crippen LogP contribution in [0.1, 0.15) is 35.8 Å². The van der Waals surface area contributed by atoms with E-state index in [1.54, 1.807) is 21.1 Å². The molecule has 1 aromatic heterocycles. The Morgan fingerprint density at radius 3 is 2.44 bits per heavy atom. The standard InChI is InChI=1S/C21H28N2O4/c1-15-19(16(2)24)14-20(17-6-8-18(27-4)9-7-17)23(15)12-10-21(25)22-11-5-13-26-3/h6-9,14H,5,10-13H2,1-4H3,(H,22,25). The second-order valence-electron chi connectivity index (χ2n) is 6.41. The summed E-state index contributed by atoms with van der Waals surface area (Å²) in [6.45, 7) is 5.21. The number of ketones is 1. The molecule has 1 amide bonds. The van der Waals surface area contributed by atoms with Crippen LogP contribution in [0.3, 0.4) is 0 Å². The lowest BCUT2D eigenvalue weighted by Crippen LogP contribution is -2.26. The summed E-state index contributed by atoms with van der Waals surface area (Å²) in [7, 11) is 3.27. The lowest BCUT2D eigenvalue weighted by molar-refractivity contribution is -0.121. The molecule has 1 heterocycles. The number of aromatic nitrogens is 1. The molecule has 0 atom stereocenters. The molecule has 27 heavy (non-hydrogen) atoms. The highest BCUT2D eigenvalue weighted by atomic mass is 16.5. The molecule has 0 saturated carbocycles. The number of nitrogens with zero attached hydrogens (tertiary/aromatic N) is 1. The largest absolute Gasteiger partial charge is 0.497 e. The summed E-state index contributed by atoms with van der Waals surface area (Å²) in [6.07, 6.45) is 1.14. The van der Waals surface area contributed by atoms with Crippen molar-refractivity contribution in [1.82, 2.24) is 9.88 Å². The SMILES string of the molecule is COCCCNC(=O)CCn1c(-c2ccc(OC)cc2)cc(C(C)=O)c1C. The minimum absolute atomic E-state index is 0.00995. The molecular formula is C21H28N2O4. The Bertz CT molecular complexity index is 778. The lowest BCUT2D eigenvalue weighted by Gasteiger charge is -2.13. The zero-order valence-electron chi connectivity index (χ0n) is 16.5. The van der Waals surface area contributed by atoms with E-state index in [1.807, 2.05) is 41.8 Å². The maximum atomic E-state index is 12.1. The number of amides is 1. The van der Waals surface area contributed by atoms with Crippen LogP contribution in [0.15, 0.2) is 30.3 Å². The molecule has 0 bridgehead atoms. The second-order valence-corrected chi connectivity index (χ2v) is 6.41. The van der Waals surface area contributed by atoms with E-state index in [2.05, 4.69) is 5.32 Å². The number of ether oxygens (including phenoxy) is 2. The van der Waals surface area contributed by atoms with Crippen molar-refractivity contribution in [1.29, 1.82) is 0 Å². The van der Waals surface area contributed by atoms with Crippen LogP contribution >= 0.6 is 0 Å². The molecular weight excluding hydrogens is 344 g/mol. The van der Waals surface area contributed by atoms with E-state index in [1.165, 1.54) is 0 Å². The average Bonchev–Trinajstić information content (AvgIpc) is 3.00. The first-order chi connectivity index (χ1) is 13.0. The van der Waals surface area contributed by atoms with Crippen LogP contribution in [0.5, 0.6) is 5.75 Å². The fraction of sp³-hybridized carbons (Fsp3) is 0.429. The van der Waals surface area contributed by atoms with Crippen molar-refractivity contribution < 1.29 is 19.1 Å². The number of nitrogens with one attached hydrogen (secondary N) is 1. The fourth-order valence-corrected chi connectivity index (χ4v) is 3.04. The number of carbonyl (C=O) groups excluding carboxylic acids is 2. The highest BCUT2D eigenvalue weighted by molar-refractivity contribution is 5.96. The first-order valence-electron chi connectivity index (χ1n) is 9.09. The highest BCUT2D eigenvalue weighted by Gasteiger charge is 2.17. The van der Waals surface area contributed by atoms with Gasteiger partial charge in [-0.1, -0.05) is 0 Å². The van der Waals surface area contributed by atoms with Crippen molar-refractivity contribution in [2.24, 2.45) is 0 Å². The minimum Gasteiger partial charge on any atom is -0.497 e. The third-order valence-electron chi connectivity index (χ3n) is 4.54. The molecule has 1 aromatic carbocycles. The van der Waals surface area contributed by atoms with Gasteiger partial charge in [0.05, 0.1) is 7.11 Å². The first-order valence-corrected chi connectivity index (χ1v) is 9.09. The van der Waals surface area contributed by atoms with Gasteiger partial charge in [0.15, 0.2) is 5.78 Å². The molecule has 0 aliphatic carbocycles. The predicted octanol–water partition coefficient (Wildman–Crippen LogP) is 3.22. The summed E-state index contributed by atoms with van der Waals surface area (Å²) in [6, 6.07) is 9.59. The van der Waals surface area contributed by atoms with E-state index < -0.39 is 0 Å². The van der Waals surface area contributed by atoms with E-state index in [9.17, 15) is 9.59 Å². The molecule has 6 nitrogen and oxygen atoms in total. The first kappa shape index (κ1) is 20.7. The maximum Gasteiger partial charge on any atom is 0.221 e. The van der Waals surface area contributed by atoms with Crippen LogP contribution in [0.4, 0.5) is 0 Å². The number of rotatable bonds is 10. The third kappa shape index (κ3) is 5.44. The van der Waals surface area contributed by atoms with E-state index in [0.717, 1.165) is 29.1 Å². The minimum atomic E-state index is -0.00995. The van der Waals surface area contributed by atoms with Gasteiger partial charge in [0.25, 0.3) is 0 Å². The number of benzene rings is 1. The van der Waals surface area contributed by atoms with Gasteiger partial charge in [-0.2, -0.15) is 0 Å². The molecule has 2 aromatic rings. The van der Waals surface area contributed by atoms with Gasteiger partial charge in [-0.3, -0.25) is 9.59 Å². The summed E-state index contributed by atoms with van der Waals surface area (Å²) in [5.41, 5.74) is 3.46. The van der Waals surface area contributed by atoms with Crippen LogP contribution in [-0.2, 0) is 16.1 Å². The topological polar surface area (TPSA) is 69.6 Å². The summed E-state index contributed by atoms with van der Waals surface area (Å²) in [4.78, 5) is 24.1. The second kappa shape index (κ2) is 9.92. The summed E-state index contributed by atoms with van der Waals surface area (Å²) < 4.78 is 12.2. The lowest BCUT2D eigenvalue weighted by atomic mass is 10.1. The van der Waals surface area contributed by atoms with Crippen molar-refractivity contribution in [2.45, 2.75) is 33.2 Å². The molecule has 0 unspecified atom stereocenters. The van der Waals surface area contributed by atoms with Crippen molar-refractivity contribution in [2.75, 3.05) is 27.4 Å². The van der Waals surface area contributed by atoms with Gasteiger partial charge in [-0.15, -0.1) is 0 Å². The number of hydrogen-bond donors (Lipinski definition) is 1. The van der Waals surface area contributed by atoms with Gasteiger partial charge >= 0.3 is 0 Å². The zero-order chi connectivity index (χ0) is 19.8. The van der Waals surface area contributed by atoms with Crippen molar-refractivity contribution in [3.05, 3.63) is 41.6 Å². The maximum absolute atomic E-state index is 12.1. The Morgan fingerprint density at radius 2 is 1.85 bits per heavy atom. The van der Waals surface area contributed by atoms with E-state index >= 15 is 0 Å². The normalized spacial score (nSPS) is 10.7. The molecule has 0 aliphatic heterocycles. The molecule has 0 spiro atoms. The Labute approximate surface area is 160 Å². The van der Waals surface area contributed by atoms with Gasteiger partial charge < -0.3 is 19.4 Å². The number of methoxy groups -OCH3 is 2. The molecule has 2 rings (SSSR count). The van der Waals surface area contributed by atoms with Crippen LogP contribution in [0.25, 0.3) is 11.3 Å². The number of carbonyl (C=O) groups is 2. The van der Waals surface area contributed by atoms with Crippen molar-refractivity contribution in [3.63, 3.8) is 0 Å². The van der Waals surface area contributed by atoms with Gasteiger partial charge in [-0.25, -0.2) is 0 Å². The molecule has 6 heteroatoms. The molecule has 146 valence electrons. The number of hydrogen-bond acceptors (Lipinski definition) is 4. The summed E-state index contributed by atoms with van der Waals surface area (Å²) in [5, 5.41) is 2.90. The fourth-order valence-electron chi connectivity index (χ4n) is 3.04. The molecule has 0 saturated heterocycles. The quantitative estimate of drug-likeness (QED) is 0.514. The smallest absolute Gasteiger partial charge is 0.221 e. The monoisotopic (exact) mass is 372 g/mol. The Balaban J connectivity index is 2.18. The van der Waals surface area contributed by atoms with E-state index in [-0.39, 0.29) is 11.7 Å². The van der Waals surface area contributed by atoms with Gasteiger partial charge in [0.1, 0.15) is 5.75 Å². The molecule has 0 aliphatic rings. The average molecular weight is 372 g/mol. The van der Waals surface area contributed by atoms with Crippen LogP contribution in [0.2, 0.25) is 0 Å². The highest BCUT2D eigenvalue weighted by Crippen LogP contribution is 2.28. The zero-order valence-corrected chi connectivity index (χ0v) is 16.5. The predicted molar refractivity (Wildman–Crippen MR) is 105 cm³/mol. The van der Waals surface area contributed by atoms with Crippen LogP contribution < -0.4 is 10.1 Å². The summed E-state index contributed by atoms with van der Waals surface area (Å²) >= 11 is 0. The van der Waals surface area contributed by atoms with Gasteiger partial charge in [0.2, 0.25) is 5.91 Å². The molecule has 1 N–H and O–H groups in total. The number of Topliss-reactive ketones (excluding diaryl/α,β-unsaturated/α-hetero) is 1. The van der Waals surface area contributed by atoms with Crippen molar-refractivity contribution in [3.8, 4) is 17.0 Å². The van der Waals surface area contributed by atoms with Crippen LogP contribution in [-0.4, -0.2) is 43.6 Å². The van der Waals surface area contributed by atoms with Gasteiger partial charge in [-0.05, 0) is 56.2 Å². The van der Waals surface area contributed by atoms with Crippen LogP contribution in [0, 0.1) is 6.92 Å². The molecule has 0 fully saturated rings. The Morgan fingerprint density at radius 1 is 1.15 bits per heavy atom. The van der Waals surface area contributed by atoms with E-state index in [4.69, 9.17) is 9.47 Å². The van der Waals surface area contributed by atoms with Crippen molar-refractivity contribution >= 4 is 11.7 Å². The van der Waals surface area contributed by atoms with E-state index in [0.29, 0.717) is 31.7 Å².